The zero-order valence-corrected chi connectivity index (χ0v) is 18.7. The molecule has 0 saturated heterocycles. The van der Waals surface area contributed by atoms with Crippen LogP contribution < -0.4 is 5.32 Å². The molecule has 0 spiro atoms. The molecule has 0 radical (unpaired) electrons. The molecule has 0 atom stereocenters. The Morgan fingerprint density at radius 2 is 2.13 bits per heavy atom. The first-order chi connectivity index (χ1) is 15.1. The van der Waals surface area contributed by atoms with Gasteiger partial charge < -0.3 is 5.32 Å². The molecule has 158 valence electrons. The number of halogens is 1. The lowest BCUT2D eigenvalue weighted by Crippen LogP contribution is -2.22. The van der Waals surface area contributed by atoms with Gasteiger partial charge in [-0.05, 0) is 68.5 Å². The van der Waals surface area contributed by atoms with Gasteiger partial charge in [0.1, 0.15) is 10.7 Å². The Hall–Kier alpha value is -2.64. The molecule has 1 aromatic carbocycles. The predicted octanol–water partition coefficient (Wildman–Crippen LogP) is 5.23. The first-order valence-corrected chi connectivity index (χ1v) is 11.7. The molecule has 3 aromatic rings. The van der Waals surface area contributed by atoms with E-state index in [1.807, 2.05) is 37.3 Å². The zero-order valence-electron chi connectivity index (χ0n) is 17.1. The lowest BCUT2D eigenvalue weighted by molar-refractivity contribution is 0.0955. The van der Waals surface area contributed by atoms with E-state index in [0.717, 1.165) is 45.4 Å². The fraction of sp³-hybridized carbons (Fsp3) is 0.304. The van der Waals surface area contributed by atoms with E-state index in [-0.39, 0.29) is 5.91 Å². The van der Waals surface area contributed by atoms with E-state index < -0.39 is 0 Å². The van der Waals surface area contributed by atoms with Crippen LogP contribution in [0.25, 0.3) is 0 Å². The van der Waals surface area contributed by atoms with Crippen LogP contribution in [-0.4, -0.2) is 32.9 Å². The molecule has 0 bridgehead atoms. The SMILES string of the molecule is CCNC(=O)c1ccc2c(c1)CCC(c1nn(C3CC3)cc1Sc1ccc(Cl)cn1)=N2. The largest absolute Gasteiger partial charge is 0.352 e. The minimum atomic E-state index is -0.0441. The highest BCUT2D eigenvalue weighted by Gasteiger charge is 2.28. The van der Waals surface area contributed by atoms with Crippen molar-refractivity contribution in [2.24, 2.45) is 4.99 Å². The molecular weight excluding hydrogens is 430 g/mol. The van der Waals surface area contributed by atoms with Crippen LogP contribution >= 0.6 is 23.4 Å². The Labute approximate surface area is 190 Å². The molecular formula is C23H22ClN5OS. The molecule has 1 N–H and O–H groups in total. The molecule has 5 rings (SSSR count). The van der Waals surface area contributed by atoms with Gasteiger partial charge in [-0.3, -0.25) is 14.5 Å². The molecule has 1 saturated carbocycles. The van der Waals surface area contributed by atoms with Gasteiger partial charge in [-0.1, -0.05) is 23.4 Å². The van der Waals surface area contributed by atoms with E-state index in [9.17, 15) is 4.79 Å². The summed E-state index contributed by atoms with van der Waals surface area (Å²) in [5, 5.41) is 9.25. The second kappa shape index (κ2) is 8.48. The van der Waals surface area contributed by atoms with Crippen molar-refractivity contribution in [3.8, 4) is 0 Å². The minimum Gasteiger partial charge on any atom is -0.352 e. The molecule has 2 aromatic heterocycles. The number of aromatic nitrogens is 3. The standard InChI is InChI=1S/C23H22ClN5OS/c1-2-25-23(30)15-4-8-18-14(11-15)3-9-19(27-18)22-20(13-29(28-22)17-6-7-17)31-21-10-5-16(24)12-26-21/h4-5,8,10-13,17H,2-3,6-7,9H2,1H3,(H,25,30). The monoisotopic (exact) mass is 451 g/mol. The van der Waals surface area contributed by atoms with Gasteiger partial charge >= 0.3 is 0 Å². The van der Waals surface area contributed by atoms with E-state index in [0.29, 0.717) is 23.2 Å². The quantitative estimate of drug-likeness (QED) is 0.556. The first-order valence-electron chi connectivity index (χ1n) is 10.5. The lowest BCUT2D eigenvalue weighted by Gasteiger charge is -2.16. The summed E-state index contributed by atoms with van der Waals surface area (Å²) in [5.74, 6) is -0.0441. The van der Waals surface area contributed by atoms with Crippen LogP contribution in [-0.2, 0) is 6.42 Å². The number of nitrogens with one attached hydrogen (secondary N) is 1. The second-order valence-corrected chi connectivity index (χ2v) is 9.23. The van der Waals surface area contributed by atoms with Gasteiger partial charge in [0.2, 0.25) is 0 Å². The topological polar surface area (TPSA) is 72.2 Å². The van der Waals surface area contributed by atoms with Crippen LogP contribution in [0.15, 0.2) is 57.6 Å². The fourth-order valence-corrected chi connectivity index (χ4v) is 4.63. The highest BCUT2D eigenvalue weighted by Crippen LogP contribution is 2.39. The predicted molar refractivity (Wildman–Crippen MR) is 123 cm³/mol. The smallest absolute Gasteiger partial charge is 0.251 e. The number of aryl methyl sites for hydroxylation is 1. The highest BCUT2D eigenvalue weighted by molar-refractivity contribution is 7.99. The van der Waals surface area contributed by atoms with Crippen LogP contribution in [0.2, 0.25) is 5.02 Å². The highest BCUT2D eigenvalue weighted by atomic mass is 35.5. The molecule has 6 nitrogen and oxygen atoms in total. The molecule has 1 aliphatic carbocycles. The number of amides is 1. The van der Waals surface area contributed by atoms with E-state index in [1.54, 1.807) is 18.0 Å². The summed E-state index contributed by atoms with van der Waals surface area (Å²) < 4.78 is 2.07. The number of benzene rings is 1. The number of aliphatic imine (C=N–C) groups is 1. The summed E-state index contributed by atoms with van der Waals surface area (Å²) in [6.45, 7) is 2.54. The van der Waals surface area contributed by atoms with Crippen LogP contribution in [0.1, 0.15) is 53.8 Å². The average Bonchev–Trinajstić information content (AvgIpc) is 3.55. The van der Waals surface area contributed by atoms with Crippen molar-refractivity contribution in [1.82, 2.24) is 20.1 Å². The zero-order chi connectivity index (χ0) is 21.4. The number of rotatable bonds is 6. The number of hydrogen-bond donors (Lipinski definition) is 1. The maximum absolute atomic E-state index is 12.2. The van der Waals surface area contributed by atoms with Gasteiger partial charge in [-0.25, -0.2) is 4.98 Å². The number of fused-ring (bicyclic) bond motifs is 1. The maximum atomic E-state index is 12.2. The summed E-state index contributed by atoms with van der Waals surface area (Å²) in [6, 6.07) is 9.99. The number of nitrogens with zero attached hydrogens (tertiary/aromatic N) is 4. The molecule has 0 unspecified atom stereocenters. The molecule has 1 fully saturated rings. The third kappa shape index (κ3) is 4.38. The van der Waals surface area contributed by atoms with E-state index in [4.69, 9.17) is 21.7 Å². The van der Waals surface area contributed by atoms with Gasteiger partial charge in [0.05, 0.1) is 27.4 Å². The third-order valence-electron chi connectivity index (χ3n) is 5.37. The molecule has 2 aliphatic rings. The van der Waals surface area contributed by atoms with Crippen LogP contribution in [0.5, 0.6) is 0 Å². The van der Waals surface area contributed by atoms with Crippen molar-refractivity contribution in [2.45, 2.75) is 48.6 Å². The van der Waals surface area contributed by atoms with E-state index >= 15 is 0 Å². The van der Waals surface area contributed by atoms with Crippen molar-refractivity contribution in [3.05, 3.63) is 64.6 Å². The van der Waals surface area contributed by atoms with Crippen molar-refractivity contribution < 1.29 is 4.79 Å². The Morgan fingerprint density at radius 3 is 2.87 bits per heavy atom. The van der Waals surface area contributed by atoms with Crippen LogP contribution in [0.3, 0.4) is 0 Å². The minimum absolute atomic E-state index is 0.0441. The Morgan fingerprint density at radius 1 is 1.26 bits per heavy atom. The fourth-order valence-electron chi connectivity index (χ4n) is 3.64. The Bertz CT molecular complexity index is 1170. The number of pyridine rings is 1. The summed E-state index contributed by atoms with van der Waals surface area (Å²) in [7, 11) is 0. The number of carbonyl (C=O) groups is 1. The van der Waals surface area contributed by atoms with Crippen molar-refractivity contribution in [3.63, 3.8) is 0 Å². The normalized spacial score (nSPS) is 15.4. The Balaban J connectivity index is 1.47. The molecule has 8 heteroatoms. The molecule has 3 heterocycles. The summed E-state index contributed by atoms with van der Waals surface area (Å²) >= 11 is 7.57. The molecule has 31 heavy (non-hydrogen) atoms. The van der Waals surface area contributed by atoms with Crippen molar-refractivity contribution in [2.75, 3.05) is 6.54 Å². The van der Waals surface area contributed by atoms with Crippen molar-refractivity contribution in [1.29, 1.82) is 0 Å². The number of carbonyl (C=O) groups excluding carboxylic acids is 1. The summed E-state index contributed by atoms with van der Waals surface area (Å²) in [6.07, 6.45) is 7.74. The lowest BCUT2D eigenvalue weighted by atomic mass is 9.98. The van der Waals surface area contributed by atoms with Gasteiger partial charge in [0.15, 0.2) is 0 Å². The van der Waals surface area contributed by atoms with E-state index in [2.05, 4.69) is 21.2 Å². The molecule has 1 aliphatic heterocycles. The average molecular weight is 452 g/mol. The van der Waals surface area contributed by atoms with Gasteiger partial charge in [0, 0.05) is 24.5 Å². The molecule has 1 amide bonds. The second-order valence-electron chi connectivity index (χ2n) is 7.73. The first kappa shape index (κ1) is 20.3. The summed E-state index contributed by atoms with van der Waals surface area (Å²) in [5.41, 5.74) is 4.60. The third-order valence-corrected chi connectivity index (χ3v) is 6.57. The Kier molecular flexibility index (Phi) is 5.54. The van der Waals surface area contributed by atoms with Gasteiger partial charge in [0.25, 0.3) is 5.91 Å². The van der Waals surface area contributed by atoms with Crippen LogP contribution in [0, 0.1) is 0 Å². The maximum Gasteiger partial charge on any atom is 0.251 e. The summed E-state index contributed by atoms with van der Waals surface area (Å²) in [4.78, 5) is 22.6. The van der Waals surface area contributed by atoms with Crippen LogP contribution in [0.4, 0.5) is 5.69 Å². The van der Waals surface area contributed by atoms with Gasteiger partial charge in [-0.2, -0.15) is 5.10 Å². The van der Waals surface area contributed by atoms with Gasteiger partial charge in [-0.15, -0.1) is 0 Å². The number of hydrogen-bond acceptors (Lipinski definition) is 5. The van der Waals surface area contributed by atoms with E-state index in [1.165, 1.54) is 12.8 Å². The van der Waals surface area contributed by atoms with Crippen molar-refractivity contribution >= 4 is 40.7 Å².